The molecule has 130 valence electrons. The summed E-state index contributed by atoms with van der Waals surface area (Å²) < 4.78 is 17.8. The van der Waals surface area contributed by atoms with Crippen LogP contribution in [-0.4, -0.2) is 41.1 Å². The van der Waals surface area contributed by atoms with Crippen LogP contribution in [-0.2, 0) is 0 Å². The molecule has 0 atom stereocenters. The van der Waals surface area contributed by atoms with Gasteiger partial charge in [0.2, 0.25) is 5.88 Å². The monoisotopic (exact) mass is 340 g/mol. The highest BCUT2D eigenvalue weighted by Crippen LogP contribution is 2.35. The van der Waals surface area contributed by atoms with Gasteiger partial charge in [-0.2, -0.15) is 10.1 Å². The SMILES string of the molecule is COc1ccc(-c2cnc(OC)nc2OC)c(-n2nc(C)cc2C)c1. The molecule has 7 heteroatoms. The summed E-state index contributed by atoms with van der Waals surface area (Å²) in [7, 11) is 4.72. The standard InChI is InChI=1S/C18H20N4O3/c1-11-8-12(2)22(21-11)16-9-13(23-3)6-7-14(16)15-10-19-18(25-5)20-17(15)24-4/h6-10H,1-5H3. The van der Waals surface area contributed by atoms with Gasteiger partial charge in [-0.15, -0.1) is 0 Å². The third kappa shape index (κ3) is 3.13. The predicted molar refractivity (Wildman–Crippen MR) is 93.7 cm³/mol. The molecule has 7 nitrogen and oxygen atoms in total. The van der Waals surface area contributed by atoms with Crippen molar-refractivity contribution in [3.63, 3.8) is 0 Å². The fourth-order valence-electron chi connectivity index (χ4n) is 2.70. The van der Waals surface area contributed by atoms with Crippen molar-refractivity contribution in [2.75, 3.05) is 21.3 Å². The molecule has 0 bridgehead atoms. The number of benzene rings is 1. The summed E-state index contributed by atoms with van der Waals surface area (Å²) in [5.41, 5.74) is 4.43. The summed E-state index contributed by atoms with van der Waals surface area (Å²) >= 11 is 0. The Morgan fingerprint density at radius 1 is 0.920 bits per heavy atom. The first-order chi connectivity index (χ1) is 12.1. The molecule has 3 aromatic rings. The highest BCUT2D eigenvalue weighted by atomic mass is 16.5. The van der Waals surface area contributed by atoms with Gasteiger partial charge in [-0.1, -0.05) is 0 Å². The number of aryl methyl sites for hydroxylation is 2. The van der Waals surface area contributed by atoms with Gasteiger partial charge in [0.05, 0.1) is 38.3 Å². The number of methoxy groups -OCH3 is 3. The lowest BCUT2D eigenvalue weighted by Gasteiger charge is -2.15. The molecule has 25 heavy (non-hydrogen) atoms. The molecule has 0 saturated carbocycles. The van der Waals surface area contributed by atoms with Gasteiger partial charge in [0.15, 0.2) is 0 Å². The van der Waals surface area contributed by atoms with Crippen LogP contribution < -0.4 is 14.2 Å². The van der Waals surface area contributed by atoms with Crippen LogP contribution in [0.1, 0.15) is 11.4 Å². The van der Waals surface area contributed by atoms with Crippen LogP contribution in [0.2, 0.25) is 0 Å². The van der Waals surface area contributed by atoms with Crippen LogP contribution in [0.25, 0.3) is 16.8 Å². The molecule has 0 saturated heterocycles. The fourth-order valence-corrected chi connectivity index (χ4v) is 2.70. The van der Waals surface area contributed by atoms with Crippen molar-refractivity contribution < 1.29 is 14.2 Å². The van der Waals surface area contributed by atoms with E-state index in [4.69, 9.17) is 14.2 Å². The van der Waals surface area contributed by atoms with E-state index in [-0.39, 0.29) is 6.01 Å². The van der Waals surface area contributed by atoms with E-state index in [0.29, 0.717) is 5.88 Å². The lowest BCUT2D eigenvalue weighted by molar-refractivity contribution is 0.353. The molecule has 0 aliphatic carbocycles. The van der Waals surface area contributed by atoms with Crippen molar-refractivity contribution in [1.82, 2.24) is 19.7 Å². The number of rotatable bonds is 5. The summed E-state index contributed by atoms with van der Waals surface area (Å²) in [6.07, 6.45) is 1.68. The largest absolute Gasteiger partial charge is 0.497 e. The topological polar surface area (TPSA) is 71.3 Å². The van der Waals surface area contributed by atoms with Crippen LogP contribution in [0.15, 0.2) is 30.5 Å². The molecule has 2 aromatic heterocycles. The molecule has 0 fully saturated rings. The van der Waals surface area contributed by atoms with Crippen LogP contribution in [0.4, 0.5) is 0 Å². The van der Waals surface area contributed by atoms with E-state index in [1.54, 1.807) is 20.4 Å². The molecule has 0 unspecified atom stereocenters. The number of hydrogen-bond acceptors (Lipinski definition) is 6. The van der Waals surface area contributed by atoms with Crippen molar-refractivity contribution in [2.24, 2.45) is 0 Å². The second-order valence-electron chi connectivity index (χ2n) is 5.50. The Balaban J connectivity index is 2.25. The fraction of sp³-hybridized carbons (Fsp3) is 0.278. The third-order valence-corrected chi connectivity index (χ3v) is 3.84. The second-order valence-corrected chi connectivity index (χ2v) is 5.50. The zero-order chi connectivity index (χ0) is 18.0. The van der Waals surface area contributed by atoms with Gasteiger partial charge in [-0.3, -0.25) is 0 Å². The molecule has 3 rings (SSSR count). The van der Waals surface area contributed by atoms with Crippen molar-refractivity contribution in [2.45, 2.75) is 13.8 Å². The Hall–Kier alpha value is -3.09. The van der Waals surface area contributed by atoms with E-state index in [1.165, 1.54) is 7.11 Å². The number of aromatic nitrogens is 4. The molecule has 0 N–H and O–H groups in total. The molecule has 0 amide bonds. The van der Waals surface area contributed by atoms with Gasteiger partial charge in [-0.05, 0) is 32.0 Å². The van der Waals surface area contributed by atoms with Gasteiger partial charge < -0.3 is 14.2 Å². The van der Waals surface area contributed by atoms with Crippen molar-refractivity contribution in [3.05, 3.63) is 41.9 Å². The molecular weight excluding hydrogens is 320 g/mol. The maximum atomic E-state index is 5.43. The average Bonchev–Trinajstić information content (AvgIpc) is 2.98. The zero-order valence-electron chi connectivity index (χ0n) is 14.9. The first kappa shape index (κ1) is 16.8. The average molecular weight is 340 g/mol. The van der Waals surface area contributed by atoms with Gasteiger partial charge >= 0.3 is 6.01 Å². The van der Waals surface area contributed by atoms with Crippen LogP contribution in [0.5, 0.6) is 17.6 Å². The maximum absolute atomic E-state index is 5.43. The van der Waals surface area contributed by atoms with Gasteiger partial charge in [0.1, 0.15) is 5.75 Å². The zero-order valence-corrected chi connectivity index (χ0v) is 14.9. The van der Waals surface area contributed by atoms with Crippen LogP contribution in [0.3, 0.4) is 0 Å². The summed E-state index contributed by atoms with van der Waals surface area (Å²) in [4.78, 5) is 8.49. The summed E-state index contributed by atoms with van der Waals surface area (Å²) in [6.45, 7) is 3.96. The van der Waals surface area contributed by atoms with Gasteiger partial charge in [0.25, 0.3) is 0 Å². The summed E-state index contributed by atoms with van der Waals surface area (Å²) in [6, 6.07) is 8.03. The molecular formula is C18H20N4O3. The van der Waals surface area contributed by atoms with Gasteiger partial charge in [0, 0.05) is 23.5 Å². The quantitative estimate of drug-likeness (QED) is 0.711. The van der Waals surface area contributed by atoms with E-state index in [0.717, 1.165) is 34.0 Å². The smallest absolute Gasteiger partial charge is 0.319 e. The Kier molecular flexibility index (Phi) is 4.56. The second kappa shape index (κ2) is 6.80. The van der Waals surface area contributed by atoms with Crippen molar-refractivity contribution in [3.8, 4) is 34.5 Å². The summed E-state index contributed by atoms with van der Waals surface area (Å²) in [5, 5.41) is 4.59. The Morgan fingerprint density at radius 2 is 1.72 bits per heavy atom. The minimum atomic E-state index is 0.252. The first-order valence-electron chi connectivity index (χ1n) is 7.74. The Morgan fingerprint density at radius 3 is 2.32 bits per heavy atom. The molecule has 2 heterocycles. The van der Waals surface area contributed by atoms with E-state index < -0.39 is 0 Å². The van der Waals surface area contributed by atoms with Crippen molar-refractivity contribution >= 4 is 0 Å². The van der Waals surface area contributed by atoms with Crippen molar-refractivity contribution in [1.29, 1.82) is 0 Å². The summed E-state index contributed by atoms with van der Waals surface area (Å²) in [5.74, 6) is 1.17. The molecule has 0 spiro atoms. The predicted octanol–water partition coefficient (Wildman–Crippen LogP) is 2.97. The van der Waals surface area contributed by atoms with E-state index in [1.807, 2.05) is 42.8 Å². The number of nitrogens with zero attached hydrogens (tertiary/aromatic N) is 4. The normalized spacial score (nSPS) is 10.6. The van der Waals surface area contributed by atoms with Crippen LogP contribution in [0, 0.1) is 13.8 Å². The molecule has 0 aliphatic rings. The highest BCUT2D eigenvalue weighted by Gasteiger charge is 2.17. The number of ether oxygens (including phenoxy) is 3. The number of hydrogen-bond donors (Lipinski definition) is 0. The maximum Gasteiger partial charge on any atom is 0.319 e. The Labute approximate surface area is 146 Å². The molecule has 1 aromatic carbocycles. The molecule has 0 radical (unpaired) electrons. The van der Waals surface area contributed by atoms with Crippen LogP contribution >= 0.6 is 0 Å². The molecule has 0 aliphatic heterocycles. The van der Waals surface area contributed by atoms with E-state index >= 15 is 0 Å². The first-order valence-corrected chi connectivity index (χ1v) is 7.74. The minimum absolute atomic E-state index is 0.252. The third-order valence-electron chi connectivity index (χ3n) is 3.84. The highest BCUT2D eigenvalue weighted by molar-refractivity contribution is 5.77. The lowest BCUT2D eigenvalue weighted by atomic mass is 10.1. The lowest BCUT2D eigenvalue weighted by Crippen LogP contribution is -2.04. The Bertz CT molecular complexity index is 905. The van der Waals surface area contributed by atoms with Gasteiger partial charge in [-0.25, -0.2) is 9.67 Å². The van der Waals surface area contributed by atoms with E-state index in [2.05, 4.69) is 15.1 Å². The van der Waals surface area contributed by atoms with E-state index in [9.17, 15) is 0 Å². The minimum Gasteiger partial charge on any atom is -0.497 e.